The maximum Gasteiger partial charge on any atom is 0.337 e. The first-order chi connectivity index (χ1) is 11.3. The van der Waals surface area contributed by atoms with Gasteiger partial charge in [-0.1, -0.05) is 12.1 Å². The van der Waals surface area contributed by atoms with Gasteiger partial charge in [0.05, 0.1) is 25.9 Å². The van der Waals surface area contributed by atoms with Gasteiger partial charge in [-0.3, -0.25) is 0 Å². The molecule has 0 unspecified atom stereocenters. The molecule has 4 nitrogen and oxygen atoms in total. The molecule has 0 aliphatic carbocycles. The molecule has 2 aromatic carbocycles. The highest BCUT2D eigenvalue weighted by molar-refractivity contribution is 7.98. The van der Waals surface area contributed by atoms with E-state index in [-0.39, 0.29) is 5.97 Å². The van der Waals surface area contributed by atoms with Crippen LogP contribution < -0.4 is 9.47 Å². The van der Waals surface area contributed by atoms with Crippen LogP contribution in [0.15, 0.2) is 47.4 Å². The lowest BCUT2D eigenvalue weighted by Crippen LogP contribution is -2.01. The van der Waals surface area contributed by atoms with Gasteiger partial charge in [0.25, 0.3) is 0 Å². The van der Waals surface area contributed by atoms with Gasteiger partial charge >= 0.3 is 5.97 Å². The van der Waals surface area contributed by atoms with E-state index in [1.807, 2.05) is 36.4 Å². The highest BCUT2D eigenvalue weighted by Crippen LogP contribution is 2.34. The molecule has 3 rings (SSSR count). The molecule has 0 fully saturated rings. The molecule has 23 heavy (non-hydrogen) atoms. The number of methoxy groups -OCH3 is 1. The van der Waals surface area contributed by atoms with Crippen LogP contribution in [-0.4, -0.2) is 26.3 Å². The molecule has 0 radical (unpaired) electrons. The second kappa shape index (κ2) is 7.42. The predicted molar refractivity (Wildman–Crippen MR) is 89.4 cm³/mol. The minimum Gasteiger partial charge on any atom is -0.490 e. The third kappa shape index (κ3) is 3.99. The average Bonchev–Trinajstić information content (AvgIpc) is 2.84. The van der Waals surface area contributed by atoms with Crippen molar-refractivity contribution < 1.29 is 19.0 Å². The second-order valence-electron chi connectivity index (χ2n) is 5.14. The number of thioether (sulfide) groups is 1. The summed E-state index contributed by atoms with van der Waals surface area (Å²) in [5.41, 5.74) is 1.65. The summed E-state index contributed by atoms with van der Waals surface area (Å²) in [4.78, 5) is 12.7. The first kappa shape index (κ1) is 15.7. The Kier molecular flexibility index (Phi) is 5.08. The van der Waals surface area contributed by atoms with E-state index in [1.165, 1.54) is 7.11 Å². The average molecular weight is 330 g/mol. The SMILES string of the molecule is COC(=O)c1cccc(CSc2ccc3c(c2)OCCCO3)c1. The highest BCUT2D eigenvalue weighted by Gasteiger charge is 2.11. The normalized spacial score (nSPS) is 13.3. The molecule has 5 heteroatoms. The van der Waals surface area contributed by atoms with Crippen LogP contribution in [-0.2, 0) is 10.5 Å². The largest absolute Gasteiger partial charge is 0.490 e. The molecule has 0 bridgehead atoms. The van der Waals surface area contributed by atoms with Crippen LogP contribution in [0.1, 0.15) is 22.3 Å². The molecule has 0 saturated carbocycles. The number of hydrogen-bond donors (Lipinski definition) is 0. The minimum absolute atomic E-state index is 0.313. The van der Waals surface area contributed by atoms with Crippen LogP contribution in [0.3, 0.4) is 0 Å². The number of rotatable bonds is 4. The number of esters is 1. The lowest BCUT2D eigenvalue weighted by Gasteiger charge is -2.09. The van der Waals surface area contributed by atoms with Gasteiger partial charge in [-0.2, -0.15) is 0 Å². The number of ether oxygens (including phenoxy) is 3. The molecule has 1 aliphatic heterocycles. The van der Waals surface area contributed by atoms with E-state index in [1.54, 1.807) is 17.8 Å². The van der Waals surface area contributed by atoms with Gasteiger partial charge in [0.1, 0.15) is 0 Å². The number of carbonyl (C=O) groups excluding carboxylic acids is 1. The van der Waals surface area contributed by atoms with Crippen molar-refractivity contribution in [2.75, 3.05) is 20.3 Å². The number of benzene rings is 2. The third-order valence-corrected chi connectivity index (χ3v) is 4.54. The van der Waals surface area contributed by atoms with Crippen molar-refractivity contribution in [2.24, 2.45) is 0 Å². The Balaban J connectivity index is 1.69. The summed E-state index contributed by atoms with van der Waals surface area (Å²) >= 11 is 1.69. The van der Waals surface area contributed by atoms with E-state index in [0.29, 0.717) is 18.8 Å². The van der Waals surface area contributed by atoms with E-state index < -0.39 is 0 Å². The molecule has 1 heterocycles. The zero-order valence-corrected chi connectivity index (χ0v) is 13.7. The van der Waals surface area contributed by atoms with Crippen molar-refractivity contribution in [3.05, 3.63) is 53.6 Å². The Labute approximate surface area is 139 Å². The van der Waals surface area contributed by atoms with Crippen molar-refractivity contribution >= 4 is 17.7 Å². The summed E-state index contributed by atoms with van der Waals surface area (Å²) in [7, 11) is 1.39. The third-order valence-electron chi connectivity index (χ3n) is 3.47. The Morgan fingerprint density at radius 3 is 2.78 bits per heavy atom. The lowest BCUT2D eigenvalue weighted by atomic mass is 10.1. The van der Waals surface area contributed by atoms with Crippen LogP contribution in [0, 0.1) is 0 Å². The zero-order chi connectivity index (χ0) is 16.1. The molecule has 0 saturated heterocycles. The van der Waals surface area contributed by atoms with Crippen LogP contribution in [0.4, 0.5) is 0 Å². The van der Waals surface area contributed by atoms with Gasteiger partial charge in [0, 0.05) is 17.1 Å². The quantitative estimate of drug-likeness (QED) is 0.628. The van der Waals surface area contributed by atoms with Gasteiger partial charge in [-0.15, -0.1) is 11.8 Å². The van der Waals surface area contributed by atoms with Crippen LogP contribution >= 0.6 is 11.8 Å². The number of hydrogen-bond acceptors (Lipinski definition) is 5. The van der Waals surface area contributed by atoms with Gasteiger partial charge in [-0.25, -0.2) is 4.79 Å². The molecular formula is C18H18O4S. The summed E-state index contributed by atoms with van der Waals surface area (Å²) in [6.07, 6.45) is 0.900. The molecule has 0 amide bonds. The lowest BCUT2D eigenvalue weighted by molar-refractivity contribution is 0.0600. The topological polar surface area (TPSA) is 44.8 Å². The number of carbonyl (C=O) groups is 1. The number of fused-ring (bicyclic) bond motifs is 1. The molecule has 0 atom stereocenters. The monoisotopic (exact) mass is 330 g/mol. The fraction of sp³-hybridized carbons (Fsp3) is 0.278. The predicted octanol–water partition coefficient (Wildman–Crippen LogP) is 3.93. The fourth-order valence-corrected chi connectivity index (χ4v) is 3.17. The molecule has 120 valence electrons. The standard InChI is InChI=1S/C18H18O4S/c1-20-18(19)14-5-2-4-13(10-14)12-23-15-6-7-16-17(11-15)22-9-3-8-21-16/h2,4-7,10-11H,3,8-9,12H2,1H3. The van der Waals surface area contributed by atoms with Crippen molar-refractivity contribution in [3.8, 4) is 11.5 Å². The van der Waals surface area contributed by atoms with E-state index >= 15 is 0 Å². The molecule has 2 aromatic rings. The second-order valence-corrected chi connectivity index (χ2v) is 6.19. The van der Waals surface area contributed by atoms with Gasteiger partial charge < -0.3 is 14.2 Å². The highest BCUT2D eigenvalue weighted by atomic mass is 32.2. The first-order valence-corrected chi connectivity index (χ1v) is 8.44. The van der Waals surface area contributed by atoms with Crippen molar-refractivity contribution in [1.82, 2.24) is 0 Å². The van der Waals surface area contributed by atoms with Crippen molar-refractivity contribution in [2.45, 2.75) is 17.1 Å². The smallest absolute Gasteiger partial charge is 0.337 e. The molecule has 0 spiro atoms. The van der Waals surface area contributed by atoms with Crippen molar-refractivity contribution in [1.29, 1.82) is 0 Å². The summed E-state index contributed by atoms with van der Waals surface area (Å²) in [5, 5.41) is 0. The molecular weight excluding hydrogens is 312 g/mol. The minimum atomic E-state index is -0.313. The Morgan fingerprint density at radius 2 is 1.96 bits per heavy atom. The summed E-state index contributed by atoms with van der Waals surface area (Å²) in [6.45, 7) is 1.38. The van der Waals surface area contributed by atoms with Gasteiger partial charge in [-0.05, 0) is 35.9 Å². The fourth-order valence-electron chi connectivity index (χ4n) is 2.31. The van der Waals surface area contributed by atoms with E-state index in [2.05, 4.69) is 0 Å². The Hall–Kier alpha value is -2.14. The molecule has 0 aromatic heterocycles. The maximum absolute atomic E-state index is 11.6. The van der Waals surface area contributed by atoms with Gasteiger partial charge in [0.15, 0.2) is 11.5 Å². The summed E-state index contributed by atoms with van der Waals surface area (Å²) < 4.78 is 16.1. The molecule has 0 N–H and O–H groups in total. The van der Waals surface area contributed by atoms with E-state index in [0.717, 1.165) is 34.1 Å². The zero-order valence-electron chi connectivity index (χ0n) is 12.9. The van der Waals surface area contributed by atoms with Gasteiger partial charge in [0.2, 0.25) is 0 Å². The summed E-state index contributed by atoms with van der Waals surface area (Å²) in [6, 6.07) is 13.5. The van der Waals surface area contributed by atoms with Crippen molar-refractivity contribution in [3.63, 3.8) is 0 Å². The maximum atomic E-state index is 11.6. The van der Waals surface area contributed by atoms with Crippen LogP contribution in [0.25, 0.3) is 0 Å². The Bertz CT molecular complexity index is 699. The van der Waals surface area contributed by atoms with Crippen LogP contribution in [0.5, 0.6) is 11.5 Å². The van der Waals surface area contributed by atoms with Crippen LogP contribution in [0.2, 0.25) is 0 Å². The van der Waals surface area contributed by atoms with E-state index in [9.17, 15) is 4.79 Å². The molecule has 1 aliphatic rings. The van der Waals surface area contributed by atoms with E-state index in [4.69, 9.17) is 14.2 Å². The summed E-state index contributed by atoms with van der Waals surface area (Å²) in [5.74, 6) is 2.06. The Morgan fingerprint density at radius 1 is 1.13 bits per heavy atom. The first-order valence-electron chi connectivity index (χ1n) is 7.46.